The lowest BCUT2D eigenvalue weighted by molar-refractivity contribution is -0.117. The van der Waals surface area contributed by atoms with Crippen molar-refractivity contribution in [2.24, 2.45) is 5.92 Å². The van der Waals surface area contributed by atoms with E-state index in [2.05, 4.69) is 31.2 Å². The second-order valence-corrected chi connectivity index (χ2v) is 8.32. The number of carbonyl (C=O) groups is 2. The summed E-state index contributed by atoms with van der Waals surface area (Å²) >= 11 is 0. The van der Waals surface area contributed by atoms with Crippen molar-refractivity contribution in [1.82, 2.24) is 30.4 Å². The number of carbonyl (C=O) groups excluding carboxylic acids is 2. The number of halogens is 2. The second kappa shape index (κ2) is 8.85. The number of anilines is 1. The zero-order valence-corrected chi connectivity index (χ0v) is 19.0. The summed E-state index contributed by atoms with van der Waals surface area (Å²) in [6.45, 7) is 1.92. The first kappa shape index (κ1) is 22.6. The Morgan fingerprint density at radius 2 is 2.14 bits per heavy atom. The first-order valence-corrected chi connectivity index (χ1v) is 11.1. The van der Waals surface area contributed by atoms with Crippen molar-refractivity contribution in [2.45, 2.75) is 19.5 Å². The third-order valence-electron chi connectivity index (χ3n) is 5.95. The van der Waals surface area contributed by atoms with Gasteiger partial charge in [0.05, 0.1) is 24.2 Å². The van der Waals surface area contributed by atoms with E-state index < -0.39 is 17.9 Å². The van der Waals surface area contributed by atoms with Crippen LogP contribution in [0, 0.1) is 18.7 Å². The zero-order valence-electron chi connectivity index (χ0n) is 19.0. The van der Waals surface area contributed by atoms with E-state index >= 15 is 4.39 Å². The highest BCUT2D eigenvalue weighted by Crippen LogP contribution is 2.40. The molecule has 12 heteroatoms. The Bertz CT molecular complexity index is 1450. The molecule has 1 aliphatic carbocycles. The van der Waals surface area contributed by atoms with Crippen molar-refractivity contribution < 1.29 is 23.1 Å². The van der Waals surface area contributed by atoms with Gasteiger partial charge in [-0.05, 0) is 42.2 Å². The molecule has 0 spiro atoms. The van der Waals surface area contributed by atoms with Gasteiger partial charge in [0, 0.05) is 24.7 Å². The van der Waals surface area contributed by atoms with Gasteiger partial charge in [-0.1, -0.05) is 0 Å². The molecule has 0 saturated heterocycles. The Labute approximate surface area is 198 Å². The highest BCUT2D eigenvalue weighted by atomic mass is 19.1. The number of benzene rings is 1. The number of nitrogens with one attached hydrogen (secondary N) is 4. The maximum absolute atomic E-state index is 15.4. The van der Waals surface area contributed by atoms with Gasteiger partial charge >= 0.3 is 6.03 Å². The summed E-state index contributed by atoms with van der Waals surface area (Å²) in [7, 11) is 1.50. The molecule has 0 aliphatic heterocycles. The van der Waals surface area contributed by atoms with Gasteiger partial charge in [0.1, 0.15) is 18.3 Å². The molecule has 182 valence electrons. The van der Waals surface area contributed by atoms with E-state index in [-0.39, 0.29) is 37.3 Å². The molecule has 3 heterocycles. The third-order valence-corrected chi connectivity index (χ3v) is 5.95. The molecule has 0 bridgehead atoms. The smallest absolute Gasteiger partial charge is 0.314 e. The van der Waals surface area contributed by atoms with Gasteiger partial charge in [-0.3, -0.25) is 9.89 Å². The fourth-order valence-corrected chi connectivity index (χ4v) is 4.02. The summed E-state index contributed by atoms with van der Waals surface area (Å²) in [5, 5.41) is 19.5. The number of pyridine rings is 1. The maximum atomic E-state index is 15.4. The summed E-state index contributed by atoms with van der Waals surface area (Å²) in [5.41, 5.74) is 2.79. The molecule has 1 aliphatic rings. The Hall–Kier alpha value is -4.22. The number of H-pyrrole nitrogens is 1. The van der Waals surface area contributed by atoms with Gasteiger partial charge in [0.2, 0.25) is 5.91 Å². The van der Waals surface area contributed by atoms with Gasteiger partial charge in [-0.2, -0.15) is 10.2 Å². The van der Waals surface area contributed by atoms with E-state index in [1.165, 1.54) is 7.05 Å². The monoisotopic (exact) mass is 483 g/mol. The summed E-state index contributed by atoms with van der Waals surface area (Å²) in [4.78, 5) is 23.3. The number of amides is 3. The molecule has 4 N–H and O–H groups in total. The molecule has 3 aromatic heterocycles. The van der Waals surface area contributed by atoms with Crippen molar-refractivity contribution >= 4 is 34.2 Å². The van der Waals surface area contributed by atoms with Crippen LogP contribution in [0.25, 0.3) is 27.5 Å². The first-order chi connectivity index (χ1) is 16.9. The lowest BCUT2D eigenvalue weighted by atomic mass is 9.96. The largest absolute Gasteiger partial charge is 0.486 e. The molecule has 1 saturated carbocycles. The standard InChI is InChI=1S/C23H23F2N7O3/c1-11-18(15-10-28-30-20(15)21(19(11)25)35-6-4-27-23(34)26-2)12-3-5-32-13(7-12)8-17(31-32)29-22(33)14-9-16(14)24/h3,5,7-8,10,14,16H,4,6,9H2,1-2H3,(H,28,30)(H2,26,27,34)(H,29,31,33)/t14-,16+/m1/s1. The molecule has 0 unspecified atom stereocenters. The molecule has 4 aromatic rings. The average molecular weight is 483 g/mol. The van der Waals surface area contributed by atoms with E-state index in [0.717, 1.165) is 5.56 Å². The minimum atomic E-state index is -1.09. The van der Waals surface area contributed by atoms with Crippen LogP contribution in [-0.4, -0.2) is 58.1 Å². The molecule has 1 aromatic carbocycles. The van der Waals surface area contributed by atoms with Crippen LogP contribution in [0.4, 0.5) is 19.4 Å². The van der Waals surface area contributed by atoms with Crippen molar-refractivity contribution in [3.05, 3.63) is 42.0 Å². The Morgan fingerprint density at radius 3 is 2.89 bits per heavy atom. The number of nitrogens with zero attached hydrogens (tertiary/aromatic N) is 3. The molecular weight excluding hydrogens is 460 g/mol. The van der Waals surface area contributed by atoms with Gasteiger partial charge in [-0.15, -0.1) is 0 Å². The molecule has 2 atom stereocenters. The molecule has 3 amide bonds. The predicted molar refractivity (Wildman–Crippen MR) is 125 cm³/mol. The fourth-order valence-electron chi connectivity index (χ4n) is 4.02. The van der Waals surface area contributed by atoms with Crippen LogP contribution in [0.3, 0.4) is 0 Å². The van der Waals surface area contributed by atoms with Crippen molar-refractivity contribution in [3.8, 4) is 16.9 Å². The van der Waals surface area contributed by atoms with E-state index in [9.17, 15) is 14.0 Å². The number of fused-ring (bicyclic) bond motifs is 2. The summed E-state index contributed by atoms with van der Waals surface area (Å²) in [6, 6.07) is 4.92. The van der Waals surface area contributed by atoms with Crippen LogP contribution < -0.4 is 20.7 Å². The number of hydrogen-bond acceptors (Lipinski definition) is 5. The zero-order chi connectivity index (χ0) is 24.7. The number of urea groups is 1. The van der Waals surface area contributed by atoms with E-state index in [1.54, 1.807) is 36.0 Å². The summed E-state index contributed by atoms with van der Waals surface area (Å²) in [5.74, 6) is -1.20. The van der Waals surface area contributed by atoms with Crippen LogP contribution >= 0.6 is 0 Å². The summed E-state index contributed by atoms with van der Waals surface area (Å²) < 4.78 is 35.8. The number of ether oxygens (including phenoxy) is 1. The van der Waals surface area contributed by atoms with Crippen molar-refractivity contribution in [1.29, 1.82) is 0 Å². The van der Waals surface area contributed by atoms with Gasteiger partial charge in [-0.25, -0.2) is 18.1 Å². The number of aromatic nitrogens is 4. The third kappa shape index (κ3) is 4.22. The average Bonchev–Trinajstić information content (AvgIpc) is 3.20. The van der Waals surface area contributed by atoms with Crippen molar-refractivity contribution in [3.63, 3.8) is 0 Å². The fraction of sp³-hybridized carbons (Fsp3) is 0.304. The Morgan fingerprint density at radius 1 is 1.34 bits per heavy atom. The summed E-state index contributed by atoms with van der Waals surface area (Å²) in [6.07, 6.45) is 2.45. The van der Waals surface area contributed by atoms with Crippen LogP contribution in [0.1, 0.15) is 12.0 Å². The lowest BCUT2D eigenvalue weighted by Crippen LogP contribution is -2.35. The quantitative estimate of drug-likeness (QED) is 0.301. The highest BCUT2D eigenvalue weighted by molar-refractivity contribution is 6.00. The van der Waals surface area contributed by atoms with Gasteiger partial charge < -0.3 is 20.7 Å². The molecule has 0 radical (unpaired) electrons. The highest BCUT2D eigenvalue weighted by Gasteiger charge is 2.43. The number of hydrogen-bond donors (Lipinski definition) is 4. The molecule has 5 rings (SSSR count). The maximum Gasteiger partial charge on any atom is 0.314 e. The van der Waals surface area contributed by atoms with E-state index in [4.69, 9.17) is 4.74 Å². The van der Waals surface area contributed by atoms with Crippen LogP contribution in [-0.2, 0) is 4.79 Å². The molecular formula is C23H23F2N7O3. The topological polar surface area (TPSA) is 125 Å². The van der Waals surface area contributed by atoms with Crippen molar-refractivity contribution in [2.75, 3.05) is 25.5 Å². The van der Waals surface area contributed by atoms with Crippen LogP contribution in [0.5, 0.6) is 5.75 Å². The number of rotatable bonds is 7. The predicted octanol–water partition coefficient (Wildman–Crippen LogP) is 2.93. The SMILES string of the molecule is CNC(=O)NCCOc1c(F)c(C)c(-c2ccn3nc(NC(=O)[C@@H]4C[C@@H]4F)cc3c2)c2cn[nH]c12. The van der Waals surface area contributed by atoms with E-state index in [0.29, 0.717) is 33.4 Å². The van der Waals surface area contributed by atoms with E-state index in [1.807, 2.05) is 6.07 Å². The molecule has 35 heavy (non-hydrogen) atoms. The number of aromatic amines is 1. The van der Waals surface area contributed by atoms with Crippen LogP contribution in [0.15, 0.2) is 30.6 Å². The Balaban J connectivity index is 1.44. The Kier molecular flexibility index (Phi) is 5.71. The molecule has 1 fully saturated rings. The minimum absolute atomic E-state index is 0.0270. The first-order valence-electron chi connectivity index (χ1n) is 11.1. The minimum Gasteiger partial charge on any atom is -0.486 e. The van der Waals surface area contributed by atoms with Gasteiger partial charge in [0.25, 0.3) is 0 Å². The van der Waals surface area contributed by atoms with Gasteiger partial charge in [0.15, 0.2) is 17.4 Å². The normalized spacial score (nSPS) is 16.9. The molecule has 10 nitrogen and oxygen atoms in total. The lowest BCUT2D eigenvalue weighted by Gasteiger charge is -2.15. The second-order valence-electron chi connectivity index (χ2n) is 8.32. The van der Waals surface area contributed by atoms with Crippen LogP contribution in [0.2, 0.25) is 0 Å². The number of alkyl halides is 1.